The number of amides is 1. The summed E-state index contributed by atoms with van der Waals surface area (Å²) >= 11 is 0. The first-order valence-corrected chi connectivity index (χ1v) is 10.6. The lowest BCUT2D eigenvalue weighted by atomic mass is 9.88. The van der Waals surface area contributed by atoms with Crippen molar-refractivity contribution in [2.75, 3.05) is 13.1 Å². The number of hydrogen-bond acceptors (Lipinski definition) is 4. The lowest BCUT2D eigenvalue weighted by Gasteiger charge is -2.32. The lowest BCUT2D eigenvalue weighted by molar-refractivity contribution is 0.0666. The first kappa shape index (κ1) is 19.5. The highest BCUT2D eigenvalue weighted by Crippen LogP contribution is 2.65. The van der Waals surface area contributed by atoms with Crippen LogP contribution in [0, 0.1) is 12.3 Å². The average molecular weight is 416 g/mol. The molecule has 158 valence electrons. The molecule has 0 bridgehead atoms. The maximum Gasteiger partial charge on any atom is 0.335 e. The Bertz CT molecular complexity index is 1130. The number of aromatic nitrogens is 3. The van der Waals surface area contributed by atoms with E-state index in [0.717, 1.165) is 42.6 Å². The van der Waals surface area contributed by atoms with Gasteiger partial charge in [-0.25, -0.2) is 4.79 Å². The second kappa shape index (κ2) is 7.34. The third kappa shape index (κ3) is 3.50. The van der Waals surface area contributed by atoms with Crippen LogP contribution in [-0.2, 0) is 0 Å². The van der Waals surface area contributed by atoms with Crippen molar-refractivity contribution in [1.29, 1.82) is 0 Å². The van der Waals surface area contributed by atoms with E-state index in [1.165, 1.54) is 18.2 Å². The minimum atomic E-state index is -0.905. The molecule has 1 aliphatic heterocycles. The number of hydrogen-bond donors (Lipinski definition) is 2. The van der Waals surface area contributed by atoms with Gasteiger partial charge in [-0.2, -0.15) is 0 Å². The van der Waals surface area contributed by atoms with Gasteiger partial charge in [0, 0.05) is 13.1 Å². The van der Waals surface area contributed by atoms with Gasteiger partial charge in [-0.05, 0) is 71.9 Å². The Morgan fingerprint density at radius 2 is 1.87 bits per heavy atom. The van der Waals surface area contributed by atoms with Crippen molar-refractivity contribution >= 4 is 11.9 Å². The third-order valence-electron chi connectivity index (χ3n) is 6.98. The topological polar surface area (TPSA) is 99.2 Å². The summed E-state index contributed by atoms with van der Waals surface area (Å²) in [6, 6.07) is 13.9. The van der Waals surface area contributed by atoms with Crippen LogP contribution in [0.25, 0.3) is 11.1 Å². The summed E-state index contributed by atoms with van der Waals surface area (Å²) in [6.45, 7) is 3.48. The van der Waals surface area contributed by atoms with Gasteiger partial charge in [0.25, 0.3) is 5.91 Å². The van der Waals surface area contributed by atoms with E-state index in [9.17, 15) is 9.59 Å². The predicted molar refractivity (Wildman–Crippen MR) is 115 cm³/mol. The minimum absolute atomic E-state index is 0.0225. The molecular formula is C24H24N4O3. The number of benzene rings is 2. The lowest BCUT2D eigenvalue weighted by Crippen LogP contribution is -2.39. The van der Waals surface area contributed by atoms with Gasteiger partial charge in [0.1, 0.15) is 5.69 Å². The van der Waals surface area contributed by atoms with Crippen LogP contribution in [0.3, 0.4) is 0 Å². The van der Waals surface area contributed by atoms with E-state index in [-0.39, 0.29) is 5.91 Å². The number of aromatic amines is 1. The molecule has 2 fully saturated rings. The molecule has 0 unspecified atom stereocenters. The van der Waals surface area contributed by atoms with Gasteiger partial charge in [0.05, 0.1) is 11.8 Å². The first-order chi connectivity index (χ1) is 15.0. The summed E-state index contributed by atoms with van der Waals surface area (Å²) in [5.74, 6) is -0.383. The number of carboxylic acid groups (broad SMARTS) is 1. The van der Waals surface area contributed by atoms with Gasteiger partial charge < -0.3 is 10.0 Å². The van der Waals surface area contributed by atoms with Gasteiger partial charge in [0.15, 0.2) is 0 Å². The number of likely N-dealkylation sites (tertiary alicyclic amines) is 1. The monoisotopic (exact) mass is 416 g/mol. The van der Waals surface area contributed by atoms with Crippen LogP contribution in [0.1, 0.15) is 57.2 Å². The molecule has 7 nitrogen and oxygen atoms in total. The van der Waals surface area contributed by atoms with Crippen LogP contribution >= 0.6 is 0 Å². The summed E-state index contributed by atoms with van der Waals surface area (Å²) in [7, 11) is 0. The SMILES string of the molecule is Cc1cc(C(=O)O)ccc1-c1ccc([C@@H]2CC23CCN(C(=O)c2cnn[nH]2)CC3)cc1. The van der Waals surface area contributed by atoms with Gasteiger partial charge in [-0.3, -0.25) is 9.89 Å². The Hall–Kier alpha value is -3.48. The highest BCUT2D eigenvalue weighted by molar-refractivity contribution is 5.92. The molecule has 1 aliphatic carbocycles. The molecule has 1 saturated carbocycles. The Morgan fingerprint density at radius 3 is 2.48 bits per heavy atom. The number of H-pyrrole nitrogens is 1. The van der Waals surface area contributed by atoms with Crippen LogP contribution in [0.15, 0.2) is 48.7 Å². The molecule has 3 aromatic rings. The van der Waals surface area contributed by atoms with Crippen LogP contribution in [-0.4, -0.2) is 50.4 Å². The average Bonchev–Trinajstić information content (AvgIpc) is 3.20. The van der Waals surface area contributed by atoms with Crippen molar-refractivity contribution in [3.8, 4) is 11.1 Å². The number of aromatic carboxylic acids is 1. The number of rotatable bonds is 4. The maximum atomic E-state index is 12.5. The minimum Gasteiger partial charge on any atom is -0.478 e. The van der Waals surface area contributed by atoms with Crippen molar-refractivity contribution in [2.45, 2.75) is 32.1 Å². The Morgan fingerprint density at radius 1 is 1.13 bits per heavy atom. The Balaban J connectivity index is 1.25. The van der Waals surface area contributed by atoms with Gasteiger partial charge in [0.2, 0.25) is 0 Å². The van der Waals surface area contributed by atoms with E-state index in [0.29, 0.717) is 22.6 Å². The molecule has 1 aromatic heterocycles. The van der Waals surface area contributed by atoms with Crippen LogP contribution in [0.4, 0.5) is 0 Å². The summed E-state index contributed by atoms with van der Waals surface area (Å²) in [5.41, 5.74) is 5.53. The highest BCUT2D eigenvalue weighted by atomic mass is 16.4. The number of nitrogens with zero attached hydrogens (tertiary/aromatic N) is 3. The van der Waals surface area contributed by atoms with E-state index in [1.54, 1.807) is 12.1 Å². The zero-order chi connectivity index (χ0) is 21.6. The summed E-state index contributed by atoms with van der Waals surface area (Å²) in [6.07, 6.45) is 4.68. The number of carboxylic acids is 1. The molecule has 1 spiro atoms. The van der Waals surface area contributed by atoms with E-state index < -0.39 is 5.97 Å². The summed E-state index contributed by atoms with van der Waals surface area (Å²) < 4.78 is 0. The fourth-order valence-electron chi connectivity index (χ4n) is 5.01. The van der Waals surface area contributed by atoms with Gasteiger partial charge >= 0.3 is 5.97 Å². The molecular weight excluding hydrogens is 392 g/mol. The molecule has 2 aromatic carbocycles. The van der Waals surface area contributed by atoms with Crippen molar-refractivity contribution in [3.05, 3.63) is 71.0 Å². The fourth-order valence-corrected chi connectivity index (χ4v) is 5.01. The Labute approximate surface area is 180 Å². The fraction of sp³-hybridized carbons (Fsp3) is 0.333. The zero-order valence-electron chi connectivity index (χ0n) is 17.3. The quantitative estimate of drug-likeness (QED) is 0.672. The smallest absolute Gasteiger partial charge is 0.335 e. The van der Waals surface area contributed by atoms with E-state index >= 15 is 0 Å². The molecule has 2 N–H and O–H groups in total. The second-order valence-electron chi connectivity index (χ2n) is 8.74. The standard InChI is InChI=1S/C24H24N4O3/c1-15-12-18(23(30)31)6-7-19(15)16-2-4-17(5-3-16)20-13-24(20)8-10-28(11-9-24)22(29)21-14-25-27-26-21/h2-7,12,14,20H,8-11,13H2,1H3,(H,30,31)(H,25,26,27)/t20-/m0/s1. The predicted octanol–water partition coefficient (Wildman–Crippen LogP) is 3.89. The van der Waals surface area contributed by atoms with Gasteiger partial charge in [-0.15, -0.1) is 5.10 Å². The number of carbonyl (C=O) groups excluding carboxylic acids is 1. The number of aryl methyl sites for hydroxylation is 1. The second-order valence-corrected chi connectivity index (χ2v) is 8.74. The van der Waals surface area contributed by atoms with Crippen molar-refractivity contribution in [3.63, 3.8) is 0 Å². The molecule has 2 heterocycles. The zero-order valence-corrected chi connectivity index (χ0v) is 17.3. The summed E-state index contributed by atoms with van der Waals surface area (Å²) in [5, 5.41) is 19.1. The molecule has 2 aliphatic rings. The van der Waals surface area contributed by atoms with Crippen LogP contribution in [0.5, 0.6) is 0 Å². The van der Waals surface area contributed by atoms with Crippen molar-refractivity contribution < 1.29 is 14.7 Å². The molecule has 0 radical (unpaired) electrons. The maximum absolute atomic E-state index is 12.5. The van der Waals surface area contributed by atoms with Crippen LogP contribution < -0.4 is 0 Å². The summed E-state index contributed by atoms with van der Waals surface area (Å²) in [4.78, 5) is 25.5. The van der Waals surface area contributed by atoms with Gasteiger partial charge in [-0.1, -0.05) is 35.5 Å². The van der Waals surface area contributed by atoms with Crippen LogP contribution in [0.2, 0.25) is 0 Å². The number of carbonyl (C=O) groups is 2. The Kier molecular flexibility index (Phi) is 4.61. The third-order valence-corrected chi connectivity index (χ3v) is 6.98. The molecule has 31 heavy (non-hydrogen) atoms. The number of nitrogens with one attached hydrogen (secondary N) is 1. The van der Waals surface area contributed by atoms with Crippen molar-refractivity contribution in [2.24, 2.45) is 5.41 Å². The van der Waals surface area contributed by atoms with Crippen molar-refractivity contribution in [1.82, 2.24) is 20.3 Å². The van der Waals surface area contributed by atoms with E-state index in [1.807, 2.05) is 17.9 Å². The largest absolute Gasteiger partial charge is 0.478 e. The molecule has 1 amide bonds. The van der Waals surface area contributed by atoms with E-state index in [4.69, 9.17) is 5.11 Å². The molecule has 1 saturated heterocycles. The molecule has 1 atom stereocenters. The van der Waals surface area contributed by atoms with E-state index in [2.05, 4.69) is 39.7 Å². The number of piperidine rings is 1. The normalized spacial score (nSPS) is 19.4. The molecule has 5 rings (SSSR count). The first-order valence-electron chi connectivity index (χ1n) is 10.6. The molecule has 7 heteroatoms. The highest BCUT2D eigenvalue weighted by Gasteiger charge is 2.55.